The molecule has 0 spiro atoms. The Morgan fingerprint density at radius 1 is 1.33 bits per heavy atom. The number of rotatable bonds is 1. The van der Waals surface area contributed by atoms with E-state index in [1.54, 1.807) is 6.07 Å². The molecule has 15 heavy (non-hydrogen) atoms. The molecule has 1 heterocycles. The zero-order valence-electron chi connectivity index (χ0n) is 8.59. The number of nitrogens with zero attached hydrogens (tertiary/aromatic N) is 1. The lowest BCUT2D eigenvalue weighted by molar-refractivity contribution is 0.636. The van der Waals surface area contributed by atoms with Gasteiger partial charge in [0.15, 0.2) is 0 Å². The quantitative estimate of drug-likeness (QED) is 0.662. The monoisotopic (exact) mass is 223 g/mol. The molecule has 0 saturated heterocycles. The Balaban J connectivity index is 2.76. The van der Waals surface area contributed by atoms with Crippen LogP contribution in [0.5, 0.6) is 0 Å². The maximum atomic E-state index is 13.4. The molecule has 1 aromatic heterocycles. The van der Waals surface area contributed by atoms with Gasteiger partial charge in [0.1, 0.15) is 16.5 Å². The van der Waals surface area contributed by atoms with Gasteiger partial charge in [-0.1, -0.05) is 37.6 Å². The van der Waals surface area contributed by atoms with Gasteiger partial charge >= 0.3 is 0 Å². The highest BCUT2D eigenvalue weighted by molar-refractivity contribution is 6.30. The number of aromatic nitrogens is 1. The molecule has 0 aliphatic heterocycles. The Morgan fingerprint density at radius 2 is 2.07 bits per heavy atom. The van der Waals surface area contributed by atoms with Crippen molar-refractivity contribution in [2.45, 2.75) is 19.8 Å². The number of fused-ring (bicyclic) bond motifs is 1. The van der Waals surface area contributed by atoms with Gasteiger partial charge in [-0.05, 0) is 23.6 Å². The number of hydrogen-bond donors (Lipinski definition) is 0. The maximum Gasteiger partial charge on any atom is 0.149 e. The molecule has 78 valence electrons. The fraction of sp³-hybridized carbons (Fsp3) is 0.250. The zero-order chi connectivity index (χ0) is 11.0. The van der Waals surface area contributed by atoms with Gasteiger partial charge in [0.05, 0.1) is 0 Å². The van der Waals surface area contributed by atoms with Gasteiger partial charge < -0.3 is 0 Å². The van der Waals surface area contributed by atoms with E-state index in [2.05, 4.69) is 4.98 Å². The van der Waals surface area contributed by atoms with Crippen molar-refractivity contribution >= 4 is 22.5 Å². The minimum atomic E-state index is -0.329. The molecule has 1 aromatic carbocycles. The normalized spacial score (nSPS) is 11.3. The summed E-state index contributed by atoms with van der Waals surface area (Å²) >= 11 is 5.99. The van der Waals surface area contributed by atoms with Crippen LogP contribution >= 0.6 is 11.6 Å². The third kappa shape index (κ3) is 1.82. The molecule has 0 fully saturated rings. The van der Waals surface area contributed by atoms with E-state index >= 15 is 0 Å². The fourth-order valence-electron chi connectivity index (χ4n) is 1.56. The van der Waals surface area contributed by atoms with E-state index in [0.29, 0.717) is 10.7 Å². The van der Waals surface area contributed by atoms with E-state index in [1.807, 2.05) is 26.0 Å². The molecule has 1 nitrogen and oxygen atoms in total. The van der Waals surface area contributed by atoms with Gasteiger partial charge in [0.2, 0.25) is 0 Å². The van der Waals surface area contributed by atoms with Gasteiger partial charge in [0.25, 0.3) is 0 Å². The Hall–Kier alpha value is -1.15. The van der Waals surface area contributed by atoms with Crippen LogP contribution in [0.2, 0.25) is 5.15 Å². The zero-order valence-corrected chi connectivity index (χ0v) is 9.35. The summed E-state index contributed by atoms with van der Waals surface area (Å²) in [4.78, 5) is 4.09. The molecule has 0 aliphatic rings. The van der Waals surface area contributed by atoms with Crippen molar-refractivity contribution in [1.29, 1.82) is 0 Å². The third-order valence-electron chi connectivity index (χ3n) is 2.40. The lowest BCUT2D eigenvalue weighted by atomic mass is 10.0. The predicted octanol–water partition coefficient (Wildman–Crippen LogP) is 4.15. The summed E-state index contributed by atoms with van der Waals surface area (Å²) in [6.45, 7) is 4.07. The molecule has 0 saturated carbocycles. The van der Waals surface area contributed by atoms with Crippen molar-refractivity contribution in [2.75, 3.05) is 0 Å². The van der Waals surface area contributed by atoms with Gasteiger partial charge in [-0.25, -0.2) is 9.37 Å². The second-order valence-electron chi connectivity index (χ2n) is 3.83. The molecule has 0 amide bonds. The molecule has 0 bridgehead atoms. The van der Waals surface area contributed by atoms with Gasteiger partial charge in [-0.15, -0.1) is 0 Å². The van der Waals surface area contributed by atoms with Crippen molar-refractivity contribution in [3.05, 3.63) is 40.8 Å². The molecule has 0 radical (unpaired) electrons. The Morgan fingerprint density at radius 3 is 2.73 bits per heavy atom. The standard InChI is InChI=1S/C12H11ClFN/c1-7(2)9-6-8-4-3-5-10(14)11(8)15-12(9)13/h3-7H,1-2H3. The lowest BCUT2D eigenvalue weighted by Gasteiger charge is -2.09. The van der Waals surface area contributed by atoms with Crippen molar-refractivity contribution in [3.8, 4) is 0 Å². The van der Waals surface area contributed by atoms with Crippen LogP contribution in [0.3, 0.4) is 0 Å². The van der Waals surface area contributed by atoms with Crippen LogP contribution < -0.4 is 0 Å². The summed E-state index contributed by atoms with van der Waals surface area (Å²) in [5, 5.41) is 1.19. The molecule has 0 N–H and O–H groups in total. The third-order valence-corrected chi connectivity index (χ3v) is 2.70. The molecule has 0 atom stereocenters. The first-order chi connectivity index (χ1) is 7.09. The second kappa shape index (κ2) is 3.78. The van der Waals surface area contributed by atoms with Crippen LogP contribution in [0.25, 0.3) is 10.9 Å². The Kier molecular flexibility index (Phi) is 2.61. The summed E-state index contributed by atoms with van der Waals surface area (Å²) < 4.78 is 13.4. The molecular weight excluding hydrogens is 213 g/mol. The smallest absolute Gasteiger partial charge is 0.149 e. The Labute approximate surface area is 92.9 Å². The van der Waals surface area contributed by atoms with Crippen LogP contribution in [0.15, 0.2) is 24.3 Å². The fourth-order valence-corrected chi connectivity index (χ4v) is 1.92. The summed E-state index contributed by atoms with van der Waals surface area (Å²) in [7, 11) is 0. The van der Waals surface area contributed by atoms with E-state index in [0.717, 1.165) is 10.9 Å². The van der Waals surface area contributed by atoms with E-state index in [1.165, 1.54) is 6.07 Å². The largest absolute Gasteiger partial charge is 0.233 e. The molecule has 2 aromatic rings. The molecule has 0 aliphatic carbocycles. The minimum Gasteiger partial charge on any atom is -0.233 e. The van der Waals surface area contributed by atoms with Crippen LogP contribution in [0.1, 0.15) is 25.3 Å². The van der Waals surface area contributed by atoms with Crippen molar-refractivity contribution < 1.29 is 4.39 Å². The van der Waals surface area contributed by atoms with Crippen LogP contribution in [0.4, 0.5) is 4.39 Å². The van der Waals surface area contributed by atoms with Crippen molar-refractivity contribution in [2.24, 2.45) is 0 Å². The Bertz CT molecular complexity index is 508. The maximum absolute atomic E-state index is 13.4. The van der Waals surface area contributed by atoms with Crippen LogP contribution in [0, 0.1) is 5.82 Å². The summed E-state index contributed by atoms with van der Waals surface area (Å²) in [6, 6.07) is 6.81. The highest BCUT2D eigenvalue weighted by atomic mass is 35.5. The van der Waals surface area contributed by atoms with E-state index in [9.17, 15) is 4.39 Å². The highest BCUT2D eigenvalue weighted by Gasteiger charge is 2.10. The first-order valence-corrected chi connectivity index (χ1v) is 5.22. The number of halogens is 2. The first kappa shape index (κ1) is 10.4. The number of benzene rings is 1. The molecular formula is C12H11ClFN. The van der Waals surface area contributed by atoms with E-state index in [-0.39, 0.29) is 11.7 Å². The summed E-state index contributed by atoms with van der Waals surface area (Å²) in [5.41, 5.74) is 1.29. The number of hydrogen-bond acceptors (Lipinski definition) is 1. The average molecular weight is 224 g/mol. The van der Waals surface area contributed by atoms with Crippen molar-refractivity contribution in [3.63, 3.8) is 0 Å². The van der Waals surface area contributed by atoms with Gasteiger partial charge in [0, 0.05) is 5.39 Å². The number of pyridine rings is 1. The first-order valence-electron chi connectivity index (χ1n) is 4.84. The highest BCUT2D eigenvalue weighted by Crippen LogP contribution is 2.27. The molecule has 2 rings (SSSR count). The lowest BCUT2D eigenvalue weighted by Crippen LogP contribution is -1.94. The predicted molar refractivity (Wildman–Crippen MR) is 60.8 cm³/mol. The number of para-hydroxylation sites is 1. The van der Waals surface area contributed by atoms with Gasteiger partial charge in [-0.3, -0.25) is 0 Å². The molecule has 3 heteroatoms. The van der Waals surface area contributed by atoms with Crippen LogP contribution in [-0.2, 0) is 0 Å². The topological polar surface area (TPSA) is 12.9 Å². The SMILES string of the molecule is CC(C)c1cc2cccc(F)c2nc1Cl. The average Bonchev–Trinajstić information content (AvgIpc) is 2.18. The van der Waals surface area contributed by atoms with E-state index < -0.39 is 0 Å². The van der Waals surface area contributed by atoms with Crippen molar-refractivity contribution in [1.82, 2.24) is 4.98 Å². The summed E-state index contributed by atoms with van der Waals surface area (Å²) in [6.07, 6.45) is 0. The second-order valence-corrected chi connectivity index (χ2v) is 4.19. The van der Waals surface area contributed by atoms with Crippen LogP contribution in [-0.4, -0.2) is 4.98 Å². The molecule has 0 unspecified atom stereocenters. The summed E-state index contributed by atoms with van der Waals surface area (Å²) in [5.74, 6) is -0.0395. The minimum absolute atomic E-state index is 0.290. The van der Waals surface area contributed by atoms with E-state index in [4.69, 9.17) is 11.6 Å². The van der Waals surface area contributed by atoms with Gasteiger partial charge in [-0.2, -0.15) is 0 Å².